The van der Waals surface area contributed by atoms with Gasteiger partial charge in [-0.15, -0.1) is 0 Å². The number of alkyl carbamates (subject to hydrolysis) is 1. The van der Waals surface area contributed by atoms with Crippen molar-refractivity contribution in [1.82, 2.24) is 24.8 Å². The van der Waals surface area contributed by atoms with E-state index in [2.05, 4.69) is 10.6 Å². The van der Waals surface area contributed by atoms with Crippen LogP contribution in [0.5, 0.6) is 11.5 Å². The number of sulfonamides is 1. The van der Waals surface area contributed by atoms with Gasteiger partial charge in [0.25, 0.3) is 15.9 Å². The maximum Gasteiger partial charge on any atom is 0.408 e. The van der Waals surface area contributed by atoms with Crippen LogP contribution in [0.1, 0.15) is 138 Å². The average molecular weight is 824 g/mol. The Hall–Kier alpha value is -4.40. The topological polar surface area (TPSA) is 173 Å². The standard InChI is InChI=1S/C43H55N5O9S.3H2/c1-41(39(51)48-43(22-23-43)58(48,53)54)20-10-6-4-3-5-7-16-33(45-40(52)56-28-14-8-9-15-28)38(50)47-26-42(25-34(47)37(49)46-41)21-19-30-31-24-29(55-2)17-18-32(31)44-35(36(30)57-42)27-12-11-13-27;;;/h6,10,17-18,24,27-28,33-34H,3-5,7-9,11-16,19-23,25-26H2,1-2H3,(H,45,52)(H,46,49);3*1H/b10-6-;;;/t33-,34-,41+,42+,48?;;;/m0.../s1. The van der Waals surface area contributed by atoms with E-state index in [4.69, 9.17) is 19.2 Å². The first-order chi connectivity index (χ1) is 27.9. The van der Waals surface area contributed by atoms with Crippen LogP contribution >= 0.6 is 0 Å². The lowest BCUT2D eigenvalue weighted by atomic mass is 9.79. The van der Waals surface area contributed by atoms with Crippen molar-refractivity contribution in [3.63, 3.8) is 0 Å². The molecule has 9 rings (SSSR count). The van der Waals surface area contributed by atoms with Crippen molar-refractivity contribution >= 4 is 44.7 Å². The maximum atomic E-state index is 14.9. The van der Waals surface area contributed by atoms with Gasteiger partial charge in [0.05, 0.1) is 24.9 Å². The van der Waals surface area contributed by atoms with Crippen molar-refractivity contribution in [2.45, 2.75) is 163 Å². The van der Waals surface area contributed by atoms with Crippen molar-refractivity contribution in [3.8, 4) is 11.5 Å². The Balaban J connectivity index is 0.00000207. The molecule has 3 saturated carbocycles. The molecule has 4 amide bonds. The Kier molecular flexibility index (Phi) is 9.91. The summed E-state index contributed by atoms with van der Waals surface area (Å²) >= 11 is 0. The lowest BCUT2D eigenvalue weighted by Gasteiger charge is -2.39. The Morgan fingerprint density at radius 2 is 1.78 bits per heavy atom. The fraction of sp³-hybridized carbons (Fsp3) is 0.651. The number of benzene rings is 1. The Labute approximate surface area is 344 Å². The predicted molar refractivity (Wildman–Crippen MR) is 220 cm³/mol. The van der Waals surface area contributed by atoms with E-state index in [0.29, 0.717) is 56.4 Å². The van der Waals surface area contributed by atoms with Gasteiger partial charge in [-0.1, -0.05) is 31.4 Å². The number of pyridine rings is 1. The highest BCUT2D eigenvalue weighted by atomic mass is 32.2. The maximum absolute atomic E-state index is 14.9. The second kappa shape index (κ2) is 14.7. The quantitative estimate of drug-likeness (QED) is 0.254. The zero-order valence-corrected chi connectivity index (χ0v) is 34.4. The van der Waals surface area contributed by atoms with Gasteiger partial charge in [0.1, 0.15) is 40.8 Å². The number of allylic oxidation sites excluding steroid dienone is 1. The lowest BCUT2D eigenvalue weighted by Crippen LogP contribution is -2.60. The summed E-state index contributed by atoms with van der Waals surface area (Å²) in [5.41, 5.74) is 0.224. The molecular formula is C43H61N5O9S. The zero-order valence-electron chi connectivity index (χ0n) is 33.6. The molecule has 3 aliphatic carbocycles. The normalized spacial score (nSPS) is 31.3. The van der Waals surface area contributed by atoms with Crippen LogP contribution in [-0.2, 0) is 35.6 Å². The summed E-state index contributed by atoms with van der Waals surface area (Å²) in [6.45, 7) is 1.65. The first-order valence-corrected chi connectivity index (χ1v) is 22.8. The van der Waals surface area contributed by atoms with Crippen molar-refractivity contribution in [2.24, 2.45) is 0 Å². The first-order valence-electron chi connectivity index (χ1n) is 21.4. The molecule has 0 radical (unpaired) electrons. The number of fused-ring (bicyclic) bond motifs is 4. The van der Waals surface area contributed by atoms with Gasteiger partial charge >= 0.3 is 6.09 Å². The summed E-state index contributed by atoms with van der Waals surface area (Å²) in [6, 6.07) is 3.84. The number of methoxy groups -OCH3 is 1. The minimum Gasteiger partial charge on any atom is -0.497 e. The van der Waals surface area contributed by atoms with E-state index in [-0.39, 0.29) is 35.7 Å². The van der Waals surface area contributed by atoms with Crippen molar-refractivity contribution in [2.75, 3.05) is 13.7 Å². The smallest absolute Gasteiger partial charge is 0.408 e. The number of carbonyl (C=O) groups is 4. The van der Waals surface area contributed by atoms with Gasteiger partial charge in [0, 0.05) is 27.6 Å². The number of rotatable bonds is 5. The fourth-order valence-electron chi connectivity index (χ4n) is 10.0. The van der Waals surface area contributed by atoms with Crippen LogP contribution in [0.15, 0.2) is 30.4 Å². The van der Waals surface area contributed by atoms with Crippen molar-refractivity contribution in [1.29, 1.82) is 0 Å². The number of aromatic nitrogens is 1. The van der Waals surface area contributed by atoms with Crippen LogP contribution in [0.3, 0.4) is 0 Å². The highest BCUT2D eigenvalue weighted by Crippen LogP contribution is 2.62. The van der Waals surface area contributed by atoms with E-state index < -0.39 is 61.9 Å². The minimum absolute atomic E-state index is 0. The predicted octanol–water partition coefficient (Wildman–Crippen LogP) is 6.40. The molecule has 15 heteroatoms. The van der Waals surface area contributed by atoms with Crippen LogP contribution in [-0.4, -0.2) is 94.3 Å². The molecule has 1 aromatic carbocycles. The van der Waals surface area contributed by atoms with Gasteiger partial charge in [0.2, 0.25) is 11.8 Å². The van der Waals surface area contributed by atoms with E-state index in [1.807, 2.05) is 30.4 Å². The number of ether oxygens (including phenoxy) is 3. The molecule has 7 aliphatic rings. The molecule has 318 valence electrons. The summed E-state index contributed by atoms with van der Waals surface area (Å²) in [6.07, 6.45) is 15.0. The fourth-order valence-corrected chi connectivity index (χ4v) is 12.2. The van der Waals surface area contributed by atoms with Gasteiger partial charge in [0.15, 0.2) is 4.87 Å². The Morgan fingerprint density at radius 1 is 1.00 bits per heavy atom. The summed E-state index contributed by atoms with van der Waals surface area (Å²) in [5.74, 6) is -0.0164. The molecule has 0 bridgehead atoms. The Morgan fingerprint density at radius 3 is 2.48 bits per heavy atom. The second-order valence-electron chi connectivity index (χ2n) is 18.0. The third-order valence-electron chi connectivity index (χ3n) is 13.9. The van der Waals surface area contributed by atoms with Crippen LogP contribution < -0.4 is 20.1 Å². The molecule has 2 aromatic rings. The first kappa shape index (κ1) is 39.1. The van der Waals surface area contributed by atoms with E-state index >= 15 is 0 Å². The average Bonchev–Trinajstić information content (AvgIpc) is 3.87. The monoisotopic (exact) mass is 823 g/mol. The van der Waals surface area contributed by atoms with Crippen LogP contribution in [0.4, 0.5) is 4.79 Å². The van der Waals surface area contributed by atoms with E-state index in [1.54, 1.807) is 14.0 Å². The lowest BCUT2D eigenvalue weighted by molar-refractivity contribution is -0.143. The van der Waals surface area contributed by atoms with E-state index in [9.17, 15) is 27.6 Å². The molecule has 2 spiro atoms. The molecule has 58 heavy (non-hydrogen) atoms. The third-order valence-corrected chi connectivity index (χ3v) is 16.3. The third kappa shape index (κ3) is 6.78. The zero-order chi connectivity index (χ0) is 40.5. The molecule has 4 atom stereocenters. The molecule has 2 saturated heterocycles. The molecule has 2 N–H and O–H groups in total. The number of aryl methyl sites for hydroxylation is 1. The van der Waals surface area contributed by atoms with Gasteiger partial charge in [-0.25, -0.2) is 22.5 Å². The molecule has 0 unspecified atom stereocenters. The number of amides is 4. The molecule has 5 heterocycles. The van der Waals surface area contributed by atoms with Gasteiger partial charge in [-0.3, -0.25) is 14.4 Å². The highest BCUT2D eigenvalue weighted by Gasteiger charge is 2.81. The molecular weight excluding hydrogens is 763 g/mol. The largest absolute Gasteiger partial charge is 0.497 e. The second-order valence-corrected chi connectivity index (χ2v) is 20.0. The van der Waals surface area contributed by atoms with Crippen LogP contribution in [0.2, 0.25) is 0 Å². The van der Waals surface area contributed by atoms with E-state index in [0.717, 1.165) is 84.3 Å². The summed E-state index contributed by atoms with van der Waals surface area (Å²) in [5, 5.41) is 6.81. The molecule has 5 fully saturated rings. The molecule has 1 aromatic heterocycles. The highest BCUT2D eigenvalue weighted by molar-refractivity contribution is 7.98. The number of hydrogen-bond acceptors (Lipinski definition) is 10. The summed E-state index contributed by atoms with van der Waals surface area (Å²) < 4.78 is 45.5. The number of nitrogens with zero attached hydrogens (tertiary/aromatic N) is 3. The van der Waals surface area contributed by atoms with Gasteiger partial charge in [-0.05, 0) is 115 Å². The summed E-state index contributed by atoms with van der Waals surface area (Å²) in [7, 11) is -2.14. The number of carbonyl (C=O) groups excluding carboxylic acids is 4. The minimum atomic E-state index is -3.77. The van der Waals surface area contributed by atoms with Gasteiger partial charge in [-0.2, -0.15) is 0 Å². The Bertz CT molecular complexity index is 2180. The van der Waals surface area contributed by atoms with Crippen LogP contribution in [0.25, 0.3) is 10.9 Å². The van der Waals surface area contributed by atoms with E-state index in [1.165, 1.54) is 4.90 Å². The molecule has 4 aliphatic heterocycles. The van der Waals surface area contributed by atoms with Crippen molar-refractivity contribution < 1.29 is 46.1 Å². The number of hydrogen-bond donors (Lipinski definition) is 2. The SMILES string of the molecule is COc1ccc2nc(C3CCC3)c3c(c2c1)CC[C@]1(C[C@H]2C(=O)N[C@@](C)(C(=O)N4C5(CC5)S4(=O)=O)C/C=C\CCCCC[C@H](NC(=O)OC4CCCC4)C(=O)N2C1)O3.[HH].[HH].[HH]. The van der Waals surface area contributed by atoms with Gasteiger partial charge < -0.3 is 29.7 Å². The van der Waals surface area contributed by atoms with Crippen molar-refractivity contribution in [3.05, 3.63) is 41.6 Å². The van der Waals surface area contributed by atoms with Crippen LogP contribution in [0, 0.1) is 0 Å². The number of nitrogens with one attached hydrogen (secondary N) is 2. The molecule has 14 nitrogen and oxygen atoms in total. The summed E-state index contributed by atoms with van der Waals surface area (Å²) in [4.78, 5) is 62.8.